The van der Waals surface area contributed by atoms with Crippen LogP contribution >= 0.6 is 39.9 Å². The second-order valence-electron chi connectivity index (χ2n) is 5.23. The number of guanidine groups is 1. The third-order valence-corrected chi connectivity index (χ3v) is 3.79. The smallest absolute Gasteiger partial charge is 0.191 e. The lowest BCUT2D eigenvalue weighted by Gasteiger charge is -2.11. The first kappa shape index (κ1) is 22.0. The van der Waals surface area contributed by atoms with Crippen molar-refractivity contribution in [3.8, 4) is 0 Å². The van der Waals surface area contributed by atoms with Gasteiger partial charge in [0.05, 0.1) is 12.8 Å². The van der Waals surface area contributed by atoms with Gasteiger partial charge in [0.15, 0.2) is 5.96 Å². The molecule has 0 aliphatic rings. The molecule has 7 heteroatoms. The number of nitrogens with zero attached hydrogens (tertiary/aromatic N) is 1. The van der Waals surface area contributed by atoms with Gasteiger partial charge in [-0.1, -0.05) is 28.1 Å². The molecule has 1 heterocycles. The fourth-order valence-corrected chi connectivity index (χ4v) is 2.31. The van der Waals surface area contributed by atoms with Gasteiger partial charge in [-0.15, -0.1) is 24.0 Å². The summed E-state index contributed by atoms with van der Waals surface area (Å²) in [5, 5.41) is 6.57. The number of nitrogens with one attached hydrogen (secondary N) is 2. The molecule has 1 aromatic heterocycles. The van der Waals surface area contributed by atoms with E-state index in [2.05, 4.69) is 50.6 Å². The predicted octanol–water partition coefficient (Wildman–Crippen LogP) is 4.32. The molecule has 0 fully saturated rings. The monoisotopic (exact) mass is 521 g/mol. The van der Waals surface area contributed by atoms with Crippen LogP contribution in [0.4, 0.5) is 0 Å². The van der Waals surface area contributed by atoms with Crippen LogP contribution in [0, 0.1) is 0 Å². The third kappa shape index (κ3) is 9.27. The molecule has 5 nitrogen and oxygen atoms in total. The Balaban J connectivity index is 0.00000312. The molecule has 0 saturated heterocycles. The van der Waals surface area contributed by atoms with Crippen LogP contribution in [0.15, 0.2) is 56.5 Å². The number of ether oxygens (including phenoxy) is 1. The number of halogens is 2. The molecule has 1 aromatic carbocycles. The Morgan fingerprint density at radius 1 is 1.20 bits per heavy atom. The Hall–Kier alpha value is -1.06. The third-order valence-electron chi connectivity index (χ3n) is 3.26. The fraction of sp³-hybridized carbons (Fsp3) is 0.389. The molecule has 0 spiro atoms. The Labute approximate surface area is 174 Å². The van der Waals surface area contributed by atoms with E-state index in [9.17, 15) is 0 Å². The van der Waals surface area contributed by atoms with E-state index in [-0.39, 0.29) is 24.0 Å². The summed E-state index contributed by atoms with van der Waals surface area (Å²) in [5.74, 6) is 1.68. The number of benzene rings is 1. The highest BCUT2D eigenvalue weighted by atomic mass is 127. The van der Waals surface area contributed by atoms with Crippen LogP contribution in [0.2, 0.25) is 0 Å². The van der Waals surface area contributed by atoms with Crippen molar-refractivity contribution in [1.29, 1.82) is 0 Å². The zero-order valence-electron chi connectivity index (χ0n) is 14.3. The highest BCUT2D eigenvalue weighted by Gasteiger charge is 1.99. The van der Waals surface area contributed by atoms with Crippen LogP contribution < -0.4 is 10.6 Å². The summed E-state index contributed by atoms with van der Waals surface area (Å²) in [7, 11) is 0. The molecule has 0 unspecified atom stereocenters. The highest BCUT2D eigenvalue weighted by molar-refractivity contribution is 14.0. The van der Waals surface area contributed by atoms with Gasteiger partial charge < -0.3 is 19.8 Å². The van der Waals surface area contributed by atoms with Gasteiger partial charge in [0.1, 0.15) is 12.4 Å². The van der Waals surface area contributed by atoms with Gasteiger partial charge in [0.25, 0.3) is 0 Å². The average Bonchev–Trinajstić information content (AvgIpc) is 3.10. The molecule has 0 atom stereocenters. The van der Waals surface area contributed by atoms with Gasteiger partial charge >= 0.3 is 0 Å². The van der Waals surface area contributed by atoms with Gasteiger partial charge in [-0.25, -0.2) is 4.99 Å². The maximum atomic E-state index is 5.56. The first-order chi connectivity index (χ1) is 11.8. The Morgan fingerprint density at radius 3 is 2.68 bits per heavy atom. The maximum absolute atomic E-state index is 5.56. The van der Waals surface area contributed by atoms with Crippen molar-refractivity contribution in [3.05, 3.63) is 58.5 Å². The Morgan fingerprint density at radius 2 is 2.00 bits per heavy atom. The molecule has 0 amide bonds. The van der Waals surface area contributed by atoms with Crippen LogP contribution in [0.5, 0.6) is 0 Å². The molecule has 2 N–H and O–H groups in total. The van der Waals surface area contributed by atoms with Gasteiger partial charge in [-0.3, -0.25) is 0 Å². The van der Waals surface area contributed by atoms with Crippen molar-refractivity contribution in [2.45, 2.75) is 26.5 Å². The quantitative estimate of drug-likeness (QED) is 0.223. The van der Waals surface area contributed by atoms with Gasteiger partial charge in [0.2, 0.25) is 0 Å². The second kappa shape index (κ2) is 13.2. The number of hydrogen-bond donors (Lipinski definition) is 2. The molecule has 0 aliphatic heterocycles. The molecule has 0 aliphatic carbocycles. The van der Waals surface area contributed by atoms with E-state index >= 15 is 0 Å². The van der Waals surface area contributed by atoms with Crippen LogP contribution in [0.1, 0.15) is 24.7 Å². The van der Waals surface area contributed by atoms with Crippen molar-refractivity contribution in [2.75, 3.05) is 19.7 Å². The van der Waals surface area contributed by atoms with Crippen molar-refractivity contribution >= 4 is 45.9 Å². The van der Waals surface area contributed by atoms with Crippen molar-refractivity contribution in [3.63, 3.8) is 0 Å². The fourth-order valence-electron chi connectivity index (χ4n) is 2.05. The van der Waals surface area contributed by atoms with Crippen LogP contribution in [0.3, 0.4) is 0 Å². The summed E-state index contributed by atoms with van der Waals surface area (Å²) in [6.07, 6.45) is 2.56. The zero-order chi connectivity index (χ0) is 17.0. The van der Waals surface area contributed by atoms with E-state index < -0.39 is 0 Å². The normalized spacial score (nSPS) is 11.0. The second-order valence-corrected chi connectivity index (χ2v) is 6.15. The van der Waals surface area contributed by atoms with Crippen molar-refractivity contribution < 1.29 is 9.15 Å². The molecule has 138 valence electrons. The number of rotatable bonds is 9. The summed E-state index contributed by atoms with van der Waals surface area (Å²) >= 11 is 3.44. The molecule has 0 radical (unpaired) electrons. The topological polar surface area (TPSA) is 58.8 Å². The number of hydrogen-bond acceptors (Lipinski definition) is 3. The molecule has 0 saturated carbocycles. The van der Waals surface area contributed by atoms with Gasteiger partial charge in [-0.2, -0.15) is 0 Å². The average molecular weight is 522 g/mol. The van der Waals surface area contributed by atoms with Crippen molar-refractivity contribution in [1.82, 2.24) is 10.6 Å². The van der Waals surface area contributed by atoms with Crippen LogP contribution in [0.25, 0.3) is 0 Å². The molecular formula is C18H25BrIN3O2. The molecule has 0 bridgehead atoms. The minimum atomic E-state index is 0. The molecule has 2 aromatic rings. The largest absolute Gasteiger partial charge is 0.467 e. The van der Waals surface area contributed by atoms with E-state index in [1.54, 1.807) is 6.26 Å². The minimum Gasteiger partial charge on any atom is -0.467 e. The van der Waals surface area contributed by atoms with E-state index in [4.69, 9.17) is 9.15 Å². The molecule has 25 heavy (non-hydrogen) atoms. The summed E-state index contributed by atoms with van der Waals surface area (Å²) < 4.78 is 11.9. The lowest BCUT2D eigenvalue weighted by molar-refractivity contribution is 0.105. The summed E-state index contributed by atoms with van der Waals surface area (Å²) in [6, 6.07) is 12.0. The first-order valence-electron chi connectivity index (χ1n) is 8.14. The first-order valence-corrected chi connectivity index (χ1v) is 8.94. The van der Waals surface area contributed by atoms with E-state index in [0.717, 1.165) is 35.7 Å². The Kier molecular flexibility index (Phi) is 11.6. The molecule has 2 rings (SSSR count). The van der Waals surface area contributed by atoms with Crippen molar-refractivity contribution in [2.24, 2.45) is 4.99 Å². The van der Waals surface area contributed by atoms with Crippen LogP contribution in [-0.2, 0) is 17.9 Å². The lowest BCUT2D eigenvalue weighted by atomic mass is 10.2. The highest BCUT2D eigenvalue weighted by Crippen LogP contribution is 2.11. The van der Waals surface area contributed by atoms with E-state index in [1.807, 2.05) is 24.3 Å². The van der Waals surface area contributed by atoms with E-state index in [0.29, 0.717) is 19.8 Å². The summed E-state index contributed by atoms with van der Waals surface area (Å²) in [4.78, 5) is 4.60. The maximum Gasteiger partial charge on any atom is 0.191 e. The standard InChI is InChI=1S/C18H24BrN3O2.HI/c1-2-20-18(22-13-15-6-8-16(19)9-7-15)21-10-4-11-23-14-17-5-3-12-24-17;/h3,5-9,12H,2,4,10-11,13-14H2,1H3,(H2,20,21,22);1H. The SMILES string of the molecule is CCNC(=NCc1ccc(Br)cc1)NCCCOCc1ccco1.I. The zero-order valence-corrected chi connectivity index (χ0v) is 18.3. The summed E-state index contributed by atoms with van der Waals surface area (Å²) in [5.41, 5.74) is 1.18. The van der Waals surface area contributed by atoms with Crippen LogP contribution in [-0.4, -0.2) is 25.7 Å². The van der Waals surface area contributed by atoms with Gasteiger partial charge in [-0.05, 0) is 43.2 Å². The minimum absolute atomic E-state index is 0. The number of aliphatic imine (C=N–C) groups is 1. The summed E-state index contributed by atoms with van der Waals surface area (Å²) in [6.45, 7) is 5.55. The van der Waals surface area contributed by atoms with Gasteiger partial charge in [0, 0.05) is 24.2 Å². The predicted molar refractivity (Wildman–Crippen MR) is 115 cm³/mol. The number of furan rings is 1. The van der Waals surface area contributed by atoms with E-state index in [1.165, 1.54) is 5.56 Å². The Bertz CT molecular complexity index is 603. The molecular weight excluding hydrogens is 497 g/mol. The lowest BCUT2D eigenvalue weighted by Crippen LogP contribution is -2.38.